The van der Waals surface area contributed by atoms with Gasteiger partial charge in [0.25, 0.3) is 5.82 Å². The van der Waals surface area contributed by atoms with Crippen molar-refractivity contribution in [2.75, 3.05) is 18.6 Å². The van der Waals surface area contributed by atoms with Crippen LogP contribution in [0.15, 0.2) is 49.5 Å². The number of pyridine rings is 2. The lowest BCUT2D eigenvalue weighted by atomic mass is 10.3. The Balaban J connectivity index is 0.000000347. The van der Waals surface area contributed by atoms with E-state index in [4.69, 9.17) is 11.3 Å². The van der Waals surface area contributed by atoms with Gasteiger partial charge in [0.15, 0.2) is 25.5 Å². The van der Waals surface area contributed by atoms with Crippen LogP contribution in [0.25, 0.3) is 16.4 Å². The molecule has 12 nitrogen and oxygen atoms in total. The minimum absolute atomic E-state index is 0.000306. The number of nitrogens with zero attached hydrogens (tertiary/aromatic N) is 5. The number of carbonyl (C=O) groups excluding carboxylic acids is 2. The van der Waals surface area contributed by atoms with Crippen molar-refractivity contribution in [1.82, 2.24) is 19.5 Å². The van der Waals surface area contributed by atoms with Crippen molar-refractivity contribution in [2.24, 2.45) is 7.05 Å². The molecule has 0 radical (unpaired) electrons. The van der Waals surface area contributed by atoms with Crippen LogP contribution < -0.4 is 4.74 Å². The molecule has 0 N–H and O–H groups in total. The molecule has 3 heterocycles. The van der Waals surface area contributed by atoms with Crippen molar-refractivity contribution >= 4 is 85.9 Å². The zero-order chi connectivity index (χ0) is 30.7. The molecule has 3 rings (SSSR count). The second-order valence-corrected chi connectivity index (χ2v) is 14.7. The fraction of sp³-hybridized carbons (Fsp3) is 0.304. The van der Waals surface area contributed by atoms with Gasteiger partial charge in [-0.2, -0.15) is 0 Å². The summed E-state index contributed by atoms with van der Waals surface area (Å²) in [6.07, 6.45) is 5.52. The van der Waals surface area contributed by atoms with Crippen LogP contribution in [0.3, 0.4) is 0 Å². The van der Waals surface area contributed by atoms with Gasteiger partial charge < -0.3 is 19.2 Å². The Morgan fingerprint density at radius 3 is 1.88 bits per heavy atom. The number of methoxy groups -OCH3 is 1. The Morgan fingerprint density at radius 2 is 1.45 bits per heavy atom. The van der Waals surface area contributed by atoms with Gasteiger partial charge in [-0.3, -0.25) is 9.55 Å². The van der Waals surface area contributed by atoms with Gasteiger partial charge in [0.1, 0.15) is 29.3 Å². The van der Waals surface area contributed by atoms with E-state index in [1.807, 2.05) is 0 Å². The fourth-order valence-corrected chi connectivity index (χ4v) is 5.71. The molecule has 0 bridgehead atoms. The van der Waals surface area contributed by atoms with E-state index in [0.717, 1.165) is 0 Å². The first-order chi connectivity index (χ1) is 18.7. The fourth-order valence-electron chi connectivity index (χ4n) is 2.70. The van der Waals surface area contributed by atoms with E-state index in [1.165, 1.54) is 32.5 Å². The van der Waals surface area contributed by atoms with Crippen molar-refractivity contribution in [3.63, 3.8) is 0 Å². The summed E-state index contributed by atoms with van der Waals surface area (Å²) in [5.41, 5.74) is 0.320. The second kappa shape index (κ2) is 16.1. The zero-order valence-electron chi connectivity index (χ0n) is 21.6. The van der Waals surface area contributed by atoms with Crippen LogP contribution in [0.5, 0.6) is 5.88 Å². The lowest BCUT2D eigenvalue weighted by molar-refractivity contribution is -0.113. The number of halogens is 3. The topological polar surface area (TPSA) is 160 Å². The molecule has 0 fully saturated rings. The number of carbonyl (C=O) groups is 2. The third-order valence-electron chi connectivity index (χ3n) is 4.78. The monoisotopic (exact) mass is 783 g/mol. The maximum Gasteiger partial charge on any atom is 0.288 e. The maximum atomic E-state index is 12.2. The van der Waals surface area contributed by atoms with Gasteiger partial charge in [-0.05, 0) is 44.0 Å². The highest BCUT2D eigenvalue weighted by molar-refractivity contribution is 9.11. The number of hydrogen-bond acceptors (Lipinski definition) is 10. The number of aldehydes is 2. The Morgan fingerprint density at radius 1 is 0.950 bits per heavy atom. The Hall–Kier alpha value is -2.52. The average molecular weight is 786 g/mol. The van der Waals surface area contributed by atoms with Gasteiger partial charge in [0.2, 0.25) is 5.88 Å². The van der Waals surface area contributed by atoms with Crippen molar-refractivity contribution in [3.8, 4) is 17.4 Å². The van der Waals surface area contributed by atoms with Crippen molar-refractivity contribution in [2.45, 2.75) is 28.5 Å². The summed E-state index contributed by atoms with van der Waals surface area (Å²) < 4.78 is 55.4. The molecule has 0 aliphatic rings. The van der Waals surface area contributed by atoms with Gasteiger partial charge in [-0.25, -0.2) is 21.8 Å². The Kier molecular flexibility index (Phi) is 14.3. The number of alkyl halides is 1. The lowest BCUT2D eigenvalue weighted by Crippen LogP contribution is -2.09. The van der Waals surface area contributed by atoms with Gasteiger partial charge >= 0.3 is 0 Å². The highest BCUT2D eigenvalue weighted by Gasteiger charge is 2.23. The molecular weight excluding hydrogens is 762 g/mol. The molecular formula is C23H24Br3N5O7S2. The van der Waals surface area contributed by atoms with Crippen molar-refractivity contribution in [1.29, 1.82) is 0 Å². The first-order valence-electron chi connectivity index (χ1n) is 11.0. The zero-order valence-corrected chi connectivity index (χ0v) is 28.0. The van der Waals surface area contributed by atoms with Gasteiger partial charge in [-0.15, -0.1) is 4.98 Å². The molecule has 216 valence electrons. The Bertz CT molecular complexity index is 1600. The SMILES string of the molecule is CCS(=O)(=O)c1cc(Br)cnc1-c1ncc(OC)n1C.O=CC(Br)C=O.[C-]#[N+]c1ncc(Br)cc1S(=O)(=O)CC. The van der Waals surface area contributed by atoms with Gasteiger partial charge in [0, 0.05) is 17.7 Å². The van der Waals surface area contributed by atoms with Gasteiger partial charge in [0.05, 0.1) is 39.1 Å². The number of rotatable bonds is 8. The predicted octanol–water partition coefficient (Wildman–Crippen LogP) is 4.38. The highest BCUT2D eigenvalue weighted by Crippen LogP contribution is 2.29. The molecule has 17 heteroatoms. The molecule has 0 saturated carbocycles. The molecule has 0 amide bonds. The summed E-state index contributed by atoms with van der Waals surface area (Å²) in [5.74, 6) is 0.869. The van der Waals surface area contributed by atoms with Crippen LogP contribution in [0.1, 0.15) is 13.8 Å². The third kappa shape index (κ3) is 9.54. The van der Waals surface area contributed by atoms with E-state index in [1.54, 1.807) is 30.8 Å². The first-order valence-corrected chi connectivity index (χ1v) is 16.8. The lowest BCUT2D eigenvalue weighted by Gasteiger charge is -2.09. The first kappa shape index (κ1) is 35.5. The van der Waals surface area contributed by atoms with Crippen LogP contribution >= 0.6 is 47.8 Å². The predicted molar refractivity (Wildman–Crippen MR) is 159 cm³/mol. The average Bonchev–Trinajstić information content (AvgIpc) is 3.33. The standard InChI is InChI=1S/C12H14BrN3O3S.C8H7BrN2O2S.C3H3BrO2/c1-4-20(17,18)9-5-8(13)6-14-11(9)12-15-7-10(19-3)16(12)2;1-3-14(12,13)7-4-6(9)5-11-8(7)10-2;4-3(1-5)2-6/h5-7H,4H2,1-3H3;4-5H,3H2,1H3;1-3H. The normalized spacial score (nSPS) is 10.9. The summed E-state index contributed by atoms with van der Waals surface area (Å²) >= 11 is 9.11. The summed E-state index contributed by atoms with van der Waals surface area (Å²) in [6, 6.07) is 2.95. The molecule has 0 aromatic carbocycles. The Labute approximate surface area is 257 Å². The van der Waals surface area contributed by atoms with E-state index >= 15 is 0 Å². The number of ether oxygens (including phenoxy) is 1. The van der Waals surface area contributed by atoms with E-state index in [2.05, 4.69) is 67.6 Å². The van der Waals surface area contributed by atoms with E-state index in [-0.39, 0.29) is 27.1 Å². The highest BCUT2D eigenvalue weighted by atomic mass is 79.9. The van der Waals surface area contributed by atoms with E-state index < -0.39 is 24.5 Å². The quantitative estimate of drug-likeness (QED) is 0.139. The smallest absolute Gasteiger partial charge is 0.288 e. The molecule has 0 saturated heterocycles. The number of imidazole rings is 1. The molecule has 40 heavy (non-hydrogen) atoms. The van der Waals surface area contributed by atoms with E-state index in [9.17, 15) is 26.4 Å². The number of hydrogen-bond donors (Lipinski definition) is 0. The van der Waals surface area contributed by atoms with E-state index in [0.29, 0.717) is 38.9 Å². The second-order valence-electron chi connectivity index (χ2n) is 7.29. The van der Waals surface area contributed by atoms with Crippen LogP contribution in [0.2, 0.25) is 0 Å². The minimum Gasteiger partial charge on any atom is -0.481 e. The molecule has 0 unspecified atom stereocenters. The van der Waals surface area contributed by atoms with Crippen LogP contribution in [0, 0.1) is 6.57 Å². The van der Waals surface area contributed by atoms with Crippen LogP contribution in [-0.4, -0.2) is 72.4 Å². The minimum atomic E-state index is -3.40. The van der Waals surface area contributed by atoms with Crippen LogP contribution in [0.4, 0.5) is 5.82 Å². The third-order valence-corrected chi connectivity index (χ3v) is 9.55. The molecule has 0 aliphatic carbocycles. The number of sulfone groups is 2. The van der Waals surface area contributed by atoms with Crippen molar-refractivity contribution in [3.05, 3.63) is 51.1 Å². The molecule has 0 aliphatic heterocycles. The van der Waals surface area contributed by atoms with Crippen LogP contribution in [-0.2, 0) is 36.3 Å². The summed E-state index contributed by atoms with van der Waals surface area (Å²) in [6.45, 7) is 9.92. The van der Waals surface area contributed by atoms with Crippen molar-refractivity contribution < 1.29 is 31.2 Å². The summed E-state index contributed by atoms with van der Waals surface area (Å²) in [5, 5.41) is 0. The largest absolute Gasteiger partial charge is 0.481 e. The molecule has 0 spiro atoms. The summed E-state index contributed by atoms with van der Waals surface area (Å²) in [4.78, 5) is 33.6. The van der Waals surface area contributed by atoms with Gasteiger partial charge in [-0.1, -0.05) is 36.3 Å². The number of aromatic nitrogens is 4. The molecule has 0 atom stereocenters. The molecule has 3 aromatic rings. The summed E-state index contributed by atoms with van der Waals surface area (Å²) in [7, 11) is -3.50. The molecule has 3 aromatic heterocycles. The maximum absolute atomic E-state index is 12.2.